The predicted octanol–water partition coefficient (Wildman–Crippen LogP) is 10.2. The van der Waals surface area contributed by atoms with Crippen molar-refractivity contribution in [1.29, 1.82) is 0 Å². The minimum Gasteiger partial charge on any atom is -0.207 e. The van der Waals surface area contributed by atoms with Crippen molar-refractivity contribution < 1.29 is 26.3 Å². The van der Waals surface area contributed by atoms with E-state index in [0.29, 0.717) is 17.7 Å². The van der Waals surface area contributed by atoms with E-state index in [9.17, 15) is 26.3 Å². The lowest BCUT2D eigenvalue weighted by molar-refractivity contribution is 0.514. The van der Waals surface area contributed by atoms with Crippen LogP contribution in [-0.4, -0.2) is 0 Å². The van der Waals surface area contributed by atoms with Gasteiger partial charge in [-0.3, -0.25) is 0 Å². The Kier molecular flexibility index (Phi) is 11.9. The van der Waals surface area contributed by atoms with Crippen molar-refractivity contribution in [3.8, 4) is 0 Å². The maximum absolute atomic E-state index is 13.1. The molecule has 0 heterocycles. The SMILES string of the molecule is CC(C)c1c(F)cc(F)cc1F.CC(C)c1ccc(F)c(Cl)c1F.Cc1ccc(C(C)C)c(F)c1. The summed E-state index contributed by atoms with van der Waals surface area (Å²) in [5, 5.41) is -0.416. The molecular weight excluding hydrogens is 486 g/mol. The van der Waals surface area contributed by atoms with Crippen LogP contribution in [0.25, 0.3) is 0 Å². The van der Waals surface area contributed by atoms with Gasteiger partial charge in [0.2, 0.25) is 0 Å². The third-order valence-electron chi connectivity index (χ3n) is 5.09. The molecule has 0 spiro atoms. The molecule has 0 aromatic heterocycles. The Bertz CT molecular complexity index is 1100. The van der Waals surface area contributed by atoms with Crippen LogP contribution in [-0.2, 0) is 0 Å². The highest BCUT2D eigenvalue weighted by Crippen LogP contribution is 2.26. The molecule has 0 fully saturated rings. The maximum Gasteiger partial charge on any atom is 0.148 e. The van der Waals surface area contributed by atoms with Crippen LogP contribution in [0.5, 0.6) is 0 Å². The van der Waals surface area contributed by atoms with Crippen LogP contribution in [0.2, 0.25) is 5.02 Å². The largest absolute Gasteiger partial charge is 0.207 e. The number of aryl methyl sites for hydroxylation is 1. The number of hydrogen-bond donors (Lipinski definition) is 0. The van der Waals surface area contributed by atoms with Gasteiger partial charge in [-0.15, -0.1) is 0 Å². The second-order valence-corrected chi connectivity index (χ2v) is 9.41. The second-order valence-electron chi connectivity index (χ2n) is 9.04. The maximum atomic E-state index is 13.1. The van der Waals surface area contributed by atoms with Gasteiger partial charge < -0.3 is 0 Å². The summed E-state index contributed by atoms with van der Waals surface area (Å²) in [7, 11) is 0. The fourth-order valence-electron chi connectivity index (χ4n) is 3.19. The molecule has 0 saturated heterocycles. The lowest BCUT2D eigenvalue weighted by atomic mass is 10.0. The van der Waals surface area contributed by atoms with E-state index in [0.717, 1.165) is 11.1 Å². The molecule has 0 saturated carbocycles. The zero-order valence-corrected chi connectivity index (χ0v) is 21.7. The van der Waals surface area contributed by atoms with Crippen LogP contribution in [0.3, 0.4) is 0 Å². The summed E-state index contributed by atoms with van der Waals surface area (Å²) in [6.45, 7) is 12.8. The Labute approximate surface area is 209 Å². The molecule has 35 heavy (non-hydrogen) atoms. The van der Waals surface area contributed by atoms with Gasteiger partial charge in [-0.1, -0.05) is 71.3 Å². The molecule has 0 aliphatic carbocycles. The number of rotatable bonds is 3. The molecule has 0 radical (unpaired) electrons. The van der Waals surface area contributed by atoms with Crippen LogP contribution in [0, 0.1) is 41.8 Å². The van der Waals surface area contributed by atoms with Crippen molar-refractivity contribution in [3.63, 3.8) is 0 Å². The summed E-state index contributed by atoms with van der Waals surface area (Å²) in [4.78, 5) is 0. The molecule has 0 amide bonds. The second kappa shape index (κ2) is 13.6. The van der Waals surface area contributed by atoms with E-state index in [4.69, 9.17) is 11.6 Å². The van der Waals surface area contributed by atoms with Crippen molar-refractivity contribution >= 4 is 11.6 Å². The molecule has 0 unspecified atom stereocenters. The molecule has 0 N–H and O–H groups in total. The zero-order chi connectivity index (χ0) is 27.0. The summed E-state index contributed by atoms with van der Waals surface area (Å²) in [5.41, 5.74) is 2.17. The molecule has 0 aliphatic rings. The predicted molar refractivity (Wildman–Crippen MR) is 131 cm³/mol. The summed E-state index contributed by atoms with van der Waals surface area (Å²) in [6.07, 6.45) is 0. The van der Waals surface area contributed by atoms with E-state index in [1.807, 2.05) is 46.8 Å². The average Bonchev–Trinajstić information content (AvgIpc) is 2.71. The van der Waals surface area contributed by atoms with Crippen molar-refractivity contribution in [2.75, 3.05) is 0 Å². The highest BCUT2D eigenvalue weighted by Gasteiger charge is 2.14. The number of halogens is 7. The summed E-state index contributed by atoms with van der Waals surface area (Å²) < 4.78 is 77.0. The van der Waals surface area contributed by atoms with Gasteiger partial charge in [-0.05, 0) is 53.5 Å². The van der Waals surface area contributed by atoms with Gasteiger partial charge in [0.25, 0.3) is 0 Å². The third-order valence-corrected chi connectivity index (χ3v) is 5.43. The first-order chi connectivity index (χ1) is 16.2. The van der Waals surface area contributed by atoms with Crippen LogP contribution >= 0.6 is 11.6 Å². The van der Waals surface area contributed by atoms with Crippen LogP contribution in [0.1, 0.15) is 81.5 Å². The van der Waals surface area contributed by atoms with Gasteiger partial charge in [0.1, 0.15) is 39.9 Å². The first-order valence-corrected chi connectivity index (χ1v) is 11.6. The third kappa shape index (κ3) is 8.92. The topological polar surface area (TPSA) is 0 Å². The van der Waals surface area contributed by atoms with Crippen molar-refractivity contribution in [2.45, 2.75) is 66.2 Å². The van der Waals surface area contributed by atoms with E-state index >= 15 is 0 Å². The van der Waals surface area contributed by atoms with Crippen LogP contribution in [0.15, 0.2) is 42.5 Å². The van der Waals surface area contributed by atoms with E-state index in [1.165, 1.54) is 12.1 Å². The van der Waals surface area contributed by atoms with Gasteiger partial charge in [0.15, 0.2) is 0 Å². The molecule has 0 bridgehead atoms. The average molecular weight is 517 g/mol. The summed E-state index contributed by atoms with van der Waals surface area (Å²) >= 11 is 5.38. The minimum atomic E-state index is -0.880. The first-order valence-electron chi connectivity index (χ1n) is 11.2. The fourth-order valence-corrected chi connectivity index (χ4v) is 3.36. The molecule has 0 atom stereocenters. The molecular formula is C28H31ClF6. The van der Waals surface area contributed by atoms with E-state index < -0.39 is 34.1 Å². The van der Waals surface area contributed by atoms with Crippen LogP contribution in [0.4, 0.5) is 26.3 Å². The summed E-state index contributed by atoms with van der Waals surface area (Å²) in [5.74, 6) is -3.94. The highest BCUT2D eigenvalue weighted by molar-refractivity contribution is 6.30. The van der Waals surface area contributed by atoms with Gasteiger partial charge >= 0.3 is 0 Å². The molecule has 192 valence electrons. The van der Waals surface area contributed by atoms with Gasteiger partial charge in [-0.2, -0.15) is 0 Å². The lowest BCUT2D eigenvalue weighted by Gasteiger charge is -2.07. The Morgan fingerprint density at radius 3 is 1.49 bits per heavy atom. The zero-order valence-electron chi connectivity index (χ0n) is 20.9. The van der Waals surface area contributed by atoms with Crippen molar-refractivity contribution in [1.82, 2.24) is 0 Å². The normalized spacial score (nSPS) is 10.8. The smallest absolute Gasteiger partial charge is 0.148 e. The molecule has 3 rings (SSSR count). The summed E-state index contributed by atoms with van der Waals surface area (Å²) in [6, 6.07) is 9.36. The monoisotopic (exact) mass is 516 g/mol. The minimum absolute atomic E-state index is 0.0168. The molecule has 7 heteroatoms. The molecule has 0 aliphatic heterocycles. The van der Waals surface area contributed by atoms with Gasteiger partial charge in [0, 0.05) is 17.7 Å². The van der Waals surface area contributed by atoms with Crippen molar-refractivity contribution in [3.05, 3.63) is 105 Å². The Balaban J connectivity index is 0.000000263. The molecule has 0 nitrogen and oxygen atoms in total. The first kappa shape index (κ1) is 30.6. The lowest BCUT2D eigenvalue weighted by Crippen LogP contribution is -1.98. The Hall–Kier alpha value is -2.47. The Morgan fingerprint density at radius 1 is 0.571 bits per heavy atom. The van der Waals surface area contributed by atoms with E-state index in [2.05, 4.69) is 0 Å². The fraction of sp³-hybridized carbons (Fsp3) is 0.357. The van der Waals surface area contributed by atoms with Crippen molar-refractivity contribution in [2.24, 2.45) is 0 Å². The highest BCUT2D eigenvalue weighted by atomic mass is 35.5. The van der Waals surface area contributed by atoms with Gasteiger partial charge in [-0.25, -0.2) is 26.3 Å². The van der Waals surface area contributed by atoms with E-state index in [-0.39, 0.29) is 29.1 Å². The number of hydrogen-bond acceptors (Lipinski definition) is 0. The number of benzene rings is 3. The van der Waals surface area contributed by atoms with E-state index in [1.54, 1.807) is 19.9 Å². The molecule has 3 aromatic carbocycles. The molecule has 3 aromatic rings. The van der Waals surface area contributed by atoms with Crippen LogP contribution < -0.4 is 0 Å². The Morgan fingerprint density at radius 2 is 1.06 bits per heavy atom. The van der Waals surface area contributed by atoms with Gasteiger partial charge in [0.05, 0.1) is 0 Å². The standard InChI is InChI=1S/C10H13F.C9H9ClF2.C9H9F3/c1-7(2)9-5-4-8(3)6-10(9)11;1-5(2)6-3-4-7(11)8(10)9(6)12;1-5(2)9-7(11)3-6(10)4-8(9)12/h4-7H,1-3H3;2*3-5H,1-2H3. The quantitative estimate of drug-likeness (QED) is 0.240.